The molecule has 0 unspecified atom stereocenters. The van der Waals surface area contributed by atoms with Crippen LogP contribution in [-0.4, -0.2) is 34.0 Å². The van der Waals surface area contributed by atoms with Crippen molar-refractivity contribution in [2.75, 3.05) is 18.9 Å². The number of rotatable bonds is 3. The molecule has 5 nitrogen and oxygen atoms in total. The Labute approximate surface area is 136 Å². The molecule has 6 heteroatoms. The van der Waals surface area contributed by atoms with Gasteiger partial charge >= 0.3 is 0 Å². The molecule has 0 aliphatic carbocycles. The molecule has 1 aliphatic heterocycles. The second-order valence-corrected chi connectivity index (χ2v) is 5.48. The number of carbonyl (C=O) groups excluding carboxylic acids is 1. The van der Waals surface area contributed by atoms with Gasteiger partial charge in [-0.05, 0) is 30.5 Å². The first-order valence-corrected chi connectivity index (χ1v) is 7.24. The summed E-state index contributed by atoms with van der Waals surface area (Å²) in [6.45, 7) is 1.49. The van der Waals surface area contributed by atoms with Gasteiger partial charge in [-0.3, -0.25) is 4.79 Å². The summed E-state index contributed by atoms with van der Waals surface area (Å²) in [4.78, 5) is 18.7. The molecule has 118 valence electrons. The van der Waals surface area contributed by atoms with Crippen LogP contribution in [0.3, 0.4) is 0 Å². The molecule has 0 radical (unpaired) electrons. The fourth-order valence-electron chi connectivity index (χ4n) is 2.75. The van der Waals surface area contributed by atoms with E-state index < -0.39 is 0 Å². The van der Waals surface area contributed by atoms with Crippen LogP contribution in [0.5, 0.6) is 0 Å². The molecule has 0 atom stereocenters. The summed E-state index contributed by atoms with van der Waals surface area (Å²) in [5.74, 6) is 0.937. The molecule has 3 rings (SSSR count). The van der Waals surface area contributed by atoms with Gasteiger partial charge < -0.3 is 14.8 Å². The Morgan fingerprint density at radius 2 is 2.27 bits per heavy atom. The van der Waals surface area contributed by atoms with Crippen LogP contribution < -0.4 is 5.32 Å². The number of nitrogens with one attached hydrogen (secondary N) is 1. The Bertz CT molecular complexity index is 668. The van der Waals surface area contributed by atoms with Crippen molar-refractivity contribution < 1.29 is 4.79 Å². The maximum Gasteiger partial charge on any atom is 0.254 e. The molecule has 1 amide bonds. The molecular weight excluding hydrogens is 300 g/mol. The summed E-state index contributed by atoms with van der Waals surface area (Å²) < 4.78 is 1.94. The molecule has 2 heterocycles. The van der Waals surface area contributed by atoms with Crippen molar-refractivity contribution in [3.8, 4) is 0 Å². The molecular formula is C16H21ClN4O. The first kappa shape index (κ1) is 16.4. The zero-order chi connectivity index (χ0) is 14.8. The van der Waals surface area contributed by atoms with E-state index >= 15 is 0 Å². The van der Waals surface area contributed by atoms with E-state index in [2.05, 4.69) is 10.3 Å². The summed E-state index contributed by atoms with van der Waals surface area (Å²) in [6, 6.07) is 5.91. The third kappa shape index (κ3) is 3.09. The lowest BCUT2D eigenvalue weighted by molar-refractivity contribution is 0.0779. The van der Waals surface area contributed by atoms with Gasteiger partial charge in [0.15, 0.2) is 0 Å². The monoisotopic (exact) mass is 320 g/mol. The lowest BCUT2D eigenvalue weighted by atomic mass is 9.97. The van der Waals surface area contributed by atoms with Crippen LogP contribution in [0.2, 0.25) is 0 Å². The maximum absolute atomic E-state index is 12.7. The van der Waals surface area contributed by atoms with Gasteiger partial charge in [-0.15, -0.1) is 12.4 Å². The van der Waals surface area contributed by atoms with E-state index in [4.69, 9.17) is 0 Å². The standard InChI is InChI=1S/C16H20N4O.ClH/c1-19-10-9-18-15(19)11-20(2)16(21)13-5-3-7-14-12(13)6-4-8-17-14;/h3,5,7,9-10,17H,4,6,8,11H2,1-2H3;1H. The van der Waals surface area contributed by atoms with E-state index in [1.807, 2.05) is 43.1 Å². The van der Waals surface area contributed by atoms with Crippen molar-refractivity contribution in [2.24, 2.45) is 7.05 Å². The van der Waals surface area contributed by atoms with Gasteiger partial charge in [0.25, 0.3) is 5.91 Å². The smallest absolute Gasteiger partial charge is 0.254 e. The van der Waals surface area contributed by atoms with Crippen LogP contribution >= 0.6 is 12.4 Å². The minimum absolute atomic E-state index is 0. The topological polar surface area (TPSA) is 50.2 Å². The molecule has 0 saturated carbocycles. The van der Waals surface area contributed by atoms with Crippen molar-refractivity contribution in [1.82, 2.24) is 14.5 Å². The van der Waals surface area contributed by atoms with Crippen LogP contribution in [0.15, 0.2) is 30.6 Å². The third-order valence-corrected chi connectivity index (χ3v) is 3.97. The Kier molecular flexibility index (Phi) is 5.08. The molecule has 1 aromatic carbocycles. The van der Waals surface area contributed by atoms with Gasteiger partial charge in [-0.25, -0.2) is 4.98 Å². The highest BCUT2D eigenvalue weighted by Crippen LogP contribution is 2.26. The second-order valence-electron chi connectivity index (χ2n) is 5.48. The van der Waals surface area contributed by atoms with Gasteiger partial charge in [0.05, 0.1) is 6.54 Å². The normalized spacial score (nSPS) is 12.8. The van der Waals surface area contributed by atoms with E-state index in [1.54, 1.807) is 11.1 Å². The van der Waals surface area contributed by atoms with E-state index in [0.29, 0.717) is 6.54 Å². The molecule has 1 N–H and O–H groups in total. The fourth-order valence-corrected chi connectivity index (χ4v) is 2.75. The molecule has 2 aromatic rings. The zero-order valence-electron chi connectivity index (χ0n) is 12.9. The summed E-state index contributed by atoms with van der Waals surface area (Å²) in [5, 5.41) is 3.36. The van der Waals surface area contributed by atoms with Crippen LogP contribution in [-0.2, 0) is 20.0 Å². The van der Waals surface area contributed by atoms with Gasteiger partial charge in [-0.1, -0.05) is 6.07 Å². The molecule has 0 saturated heterocycles. The number of hydrogen-bond acceptors (Lipinski definition) is 3. The predicted molar refractivity (Wildman–Crippen MR) is 89.5 cm³/mol. The van der Waals surface area contributed by atoms with Gasteiger partial charge in [0.1, 0.15) is 5.82 Å². The van der Waals surface area contributed by atoms with Crippen LogP contribution in [0.25, 0.3) is 0 Å². The van der Waals surface area contributed by atoms with E-state index in [9.17, 15) is 4.79 Å². The Hall–Kier alpha value is -2.01. The first-order chi connectivity index (χ1) is 10.2. The maximum atomic E-state index is 12.7. The number of hydrogen-bond donors (Lipinski definition) is 1. The number of nitrogens with zero attached hydrogens (tertiary/aromatic N) is 3. The highest BCUT2D eigenvalue weighted by Gasteiger charge is 2.20. The minimum atomic E-state index is 0. The number of imidazole rings is 1. The number of aromatic nitrogens is 2. The van der Waals surface area contributed by atoms with Gasteiger partial charge in [0.2, 0.25) is 0 Å². The summed E-state index contributed by atoms with van der Waals surface area (Å²) >= 11 is 0. The summed E-state index contributed by atoms with van der Waals surface area (Å²) in [7, 11) is 3.77. The van der Waals surface area contributed by atoms with Crippen molar-refractivity contribution in [1.29, 1.82) is 0 Å². The van der Waals surface area contributed by atoms with Crippen LogP contribution in [0, 0.1) is 0 Å². The number of carbonyl (C=O) groups is 1. The van der Waals surface area contributed by atoms with E-state index in [0.717, 1.165) is 42.0 Å². The lowest BCUT2D eigenvalue weighted by Gasteiger charge is -2.23. The highest BCUT2D eigenvalue weighted by molar-refractivity contribution is 5.97. The number of aryl methyl sites for hydroxylation is 1. The van der Waals surface area contributed by atoms with E-state index in [1.165, 1.54) is 0 Å². The summed E-state index contributed by atoms with van der Waals surface area (Å²) in [6.07, 6.45) is 5.67. The molecule has 0 spiro atoms. The number of benzene rings is 1. The largest absolute Gasteiger partial charge is 0.385 e. The van der Waals surface area contributed by atoms with Gasteiger partial charge in [-0.2, -0.15) is 0 Å². The number of fused-ring (bicyclic) bond motifs is 1. The van der Waals surface area contributed by atoms with Crippen molar-refractivity contribution in [2.45, 2.75) is 19.4 Å². The average Bonchev–Trinajstić information content (AvgIpc) is 2.91. The van der Waals surface area contributed by atoms with Crippen molar-refractivity contribution in [3.05, 3.63) is 47.5 Å². The average molecular weight is 321 g/mol. The number of amides is 1. The van der Waals surface area contributed by atoms with Crippen LogP contribution in [0.4, 0.5) is 5.69 Å². The van der Waals surface area contributed by atoms with Crippen molar-refractivity contribution >= 4 is 24.0 Å². The van der Waals surface area contributed by atoms with Crippen LogP contribution in [0.1, 0.15) is 28.2 Å². The third-order valence-electron chi connectivity index (χ3n) is 3.97. The highest BCUT2D eigenvalue weighted by atomic mass is 35.5. The quantitative estimate of drug-likeness (QED) is 0.945. The SMILES string of the molecule is CN(Cc1nccn1C)C(=O)c1cccc2c1CCCN2.Cl. The van der Waals surface area contributed by atoms with Gasteiger partial charge in [0, 0.05) is 44.3 Å². The Morgan fingerprint density at radius 1 is 1.45 bits per heavy atom. The fraction of sp³-hybridized carbons (Fsp3) is 0.375. The Morgan fingerprint density at radius 3 is 3.00 bits per heavy atom. The van der Waals surface area contributed by atoms with E-state index in [-0.39, 0.29) is 18.3 Å². The lowest BCUT2D eigenvalue weighted by Crippen LogP contribution is -2.29. The molecule has 1 aliphatic rings. The van der Waals surface area contributed by atoms with Crippen molar-refractivity contribution in [3.63, 3.8) is 0 Å². The zero-order valence-corrected chi connectivity index (χ0v) is 13.7. The number of halogens is 1. The molecule has 1 aromatic heterocycles. The number of anilines is 1. The first-order valence-electron chi connectivity index (χ1n) is 7.24. The summed E-state index contributed by atoms with van der Waals surface area (Å²) in [5.41, 5.74) is 3.04. The second kappa shape index (κ2) is 6.83. The predicted octanol–water partition coefficient (Wildman–Crippen LogP) is 2.47. The molecule has 0 fully saturated rings. The molecule has 22 heavy (non-hydrogen) atoms. The Balaban J connectivity index is 0.00000176. The molecule has 0 bridgehead atoms. The minimum Gasteiger partial charge on any atom is -0.385 e.